The first-order valence-corrected chi connectivity index (χ1v) is 7.62. The van der Waals surface area contributed by atoms with Gasteiger partial charge in [0.25, 0.3) is 0 Å². The Hall–Kier alpha value is -2.21. The van der Waals surface area contributed by atoms with Gasteiger partial charge in [0.1, 0.15) is 18.2 Å². The van der Waals surface area contributed by atoms with Crippen LogP contribution in [0, 0.1) is 0 Å². The maximum atomic E-state index is 11.8. The average molecular weight is 301 g/mol. The van der Waals surface area contributed by atoms with Crippen LogP contribution in [0.15, 0.2) is 43.1 Å². The Bertz CT molecular complexity index is 668. The Morgan fingerprint density at radius 2 is 2.29 bits per heavy atom. The molecule has 1 unspecified atom stereocenters. The van der Waals surface area contributed by atoms with E-state index in [1.54, 1.807) is 24.0 Å². The smallest absolute Gasteiger partial charge is 0.235 e. The van der Waals surface area contributed by atoms with Crippen molar-refractivity contribution >= 4 is 23.5 Å². The minimum Gasteiger partial charge on any atom is -0.489 e. The number of thioether (sulfide) groups is 1. The van der Waals surface area contributed by atoms with Crippen molar-refractivity contribution < 1.29 is 9.53 Å². The monoisotopic (exact) mass is 301 g/mol. The number of hydrogen-bond donors (Lipinski definition) is 2. The van der Waals surface area contributed by atoms with Crippen molar-refractivity contribution in [1.82, 2.24) is 10.2 Å². The molecule has 6 heteroatoms. The number of rotatable bonds is 4. The van der Waals surface area contributed by atoms with Gasteiger partial charge in [-0.15, -0.1) is 11.8 Å². The number of nitrogens with zero attached hydrogens (tertiary/aromatic N) is 1. The number of carbonyl (C=O) groups is 1. The van der Waals surface area contributed by atoms with E-state index in [1.165, 1.54) is 0 Å². The highest BCUT2D eigenvalue weighted by Gasteiger charge is 2.27. The van der Waals surface area contributed by atoms with Crippen LogP contribution >= 0.6 is 11.8 Å². The number of carbonyl (C=O) groups excluding carboxylic acids is 1. The van der Waals surface area contributed by atoms with E-state index >= 15 is 0 Å². The second kappa shape index (κ2) is 6.05. The van der Waals surface area contributed by atoms with Crippen molar-refractivity contribution in [3.05, 3.63) is 54.2 Å². The van der Waals surface area contributed by atoms with Crippen molar-refractivity contribution in [2.45, 2.75) is 5.25 Å². The number of fused-ring (bicyclic) bond motifs is 1. The molecule has 0 saturated heterocycles. The van der Waals surface area contributed by atoms with Gasteiger partial charge in [-0.05, 0) is 6.07 Å². The Morgan fingerprint density at radius 1 is 1.43 bits per heavy atom. The minimum absolute atomic E-state index is 0.00119. The quantitative estimate of drug-likeness (QED) is 0.852. The summed E-state index contributed by atoms with van der Waals surface area (Å²) >= 11 is 1.56. The Morgan fingerprint density at radius 3 is 3.14 bits per heavy atom. The Kier molecular flexibility index (Phi) is 3.96. The predicted molar refractivity (Wildman–Crippen MR) is 83.7 cm³/mol. The number of aromatic nitrogens is 2. The lowest BCUT2D eigenvalue weighted by atomic mass is 10.1. The van der Waals surface area contributed by atoms with Crippen LogP contribution in [0.4, 0.5) is 5.82 Å². The van der Waals surface area contributed by atoms with Crippen molar-refractivity contribution in [1.29, 1.82) is 0 Å². The van der Waals surface area contributed by atoms with Crippen LogP contribution < -0.4 is 10.1 Å². The van der Waals surface area contributed by atoms with E-state index in [2.05, 4.69) is 22.1 Å². The van der Waals surface area contributed by atoms with Gasteiger partial charge in [0.05, 0.1) is 17.2 Å². The SMILES string of the molecule is C=CCOc1ccccc1C1SCC(=O)Nc2[nH]ncc21. The average Bonchev–Trinajstić information content (AvgIpc) is 2.88. The molecule has 21 heavy (non-hydrogen) atoms. The van der Waals surface area contributed by atoms with E-state index in [1.807, 2.05) is 24.3 Å². The minimum atomic E-state index is -0.0301. The summed E-state index contributed by atoms with van der Waals surface area (Å²) in [6.07, 6.45) is 3.47. The number of nitrogens with one attached hydrogen (secondary N) is 2. The molecule has 2 N–H and O–H groups in total. The molecule has 0 aliphatic carbocycles. The Labute approximate surface area is 126 Å². The van der Waals surface area contributed by atoms with Gasteiger partial charge in [0.15, 0.2) is 0 Å². The predicted octanol–water partition coefficient (Wildman–Crippen LogP) is 2.75. The van der Waals surface area contributed by atoms with E-state index in [0.29, 0.717) is 18.2 Å². The fraction of sp³-hybridized carbons (Fsp3) is 0.200. The van der Waals surface area contributed by atoms with Crippen LogP contribution in [-0.4, -0.2) is 28.5 Å². The van der Waals surface area contributed by atoms with Crippen LogP contribution in [0.25, 0.3) is 0 Å². The molecule has 0 radical (unpaired) electrons. The summed E-state index contributed by atoms with van der Waals surface area (Å²) in [5, 5.41) is 9.70. The third kappa shape index (κ3) is 2.80. The molecule has 2 heterocycles. The summed E-state index contributed by atoms with van der Waals surface area (Å²) in [6, 6.07) is 7.85. The number of para-hydroxylation sites is 1. The summed E-state index contributed by atoms with van der Waals surface area (Å²) in [5.41, 5.74) is 1.99. The maximum Gasteiger partial charge on any atom is 0.235 e. The molecular formula is C15H15N3O2S. The number of H-pyrrole nitrogens is 1. The molecule has 3 rings (SSSR count). The molecule has 1 aliphatic heterocycles. The zero-order valence-electron chi connectivity index (χ0n) is 11.3. The number of benzene rings is 1. The molecule has 0 saturated carbocycles. The van der Waals surface area contributed by atoms with Gasteiger partial charge in [-0.1, -0.05) is 30.9 Å². The molecule has 0 fully saturated rings. The summed E-state index contributed by atoms with van der Waals surface area (Å²) in [5.74, 6) is 1.82. The summed E-state index contributed by atoms with van der Waals surface area (Å²) in [7, 11) is 0. The molecule has 1 amide bonds. The third-order valence-electron chi connectivity index (χ3n) is 3.15. The van der Waals surface area contributed by atoms with Gasteiger partial charge < -0.3 is 10.1 Å². The first-order chi connectivity index (χ1) is 10.3. The van der Waals surface area contributed by atoms with Gasteiger partial charge in [0, 0.05) is 11.1 Å². The standard InChI is InChI=1S/C15H15N3O2S/c1-2-7-20-12-6-4-3-5-10(12)14-11-8-16-18-15(11)17-13(19)9-21-14/h2-6,8,14H,1,7,9H2,(H2,16,17,18,19). The lowest BCUT2D eigenvalue weighted by molar-refractivity contribution is -0.113. The summed E-state index contributed by atoms with van der Waals surface area (Å²) in [6.45, 7) is 4.12. The highest BCUT2D eigenvalue weighted by molar-refractivity contribution is 8.00. The second-order valence-corrected chi connectivity index (χ2v) is 5.67. The molecule has 1 aromatic heterocycles. The molecule has 5 nitrogen and oxygen atoms in total. The summed E-state index contributed by atoms with van der Waals surface area (Å²) in [4.78, 5) is 11.8. The number of ether oxygens (including phenoxy) is 1. The molecule has 0 spiro atoms. The lowest BCUT2D eigenvalue weighted by Gasteiger charge is -2.17. The number of amides is 1. The first kappa shape index (κ1) is 13.8. The highest BCUT2D eigenvalue weighted by Crippen LogP contribution is 2.43. The first-order valence-electron chi connectivity index (χ1n) is 6.57. The normalized spacial score (nSPS) is 17.5. The van der Waals surface area contributed by atoms with Crippen LogP contribution in [-0.2, 0) is 4.79 Å². The van der Waals surface area contributed by atoms with E-state index in [0.717, 1.165) is 16.9 Å². The van der Waals surface area contributed by atoms with E-state index in [-0.39, 0.29) is 11.2 Å². The van der Waals surface area contributed by atoms with Gasteiger partial charge in [-0.2, -0.15) is 5.10 Å². The van der Waals surface area contributed by atoms with Crippen molar-refractivity contribution in [3.8, 4) is 5.75 Å². The number of anilines is 1. The molecule has 1 atom stereocenters. The van der Waals surface area contributed by atoms with E-state index in [4.69, 9.17) is 4.74 Å². The molecule has 1 aromatic carbocycles. The van der Waals surface area contributed by atoms with Crippen LogP contribution in [0.2, 0.25) is 0 Å². The molecule has 0 bridgehead atoms. The maximum absolute atomic E-state index is 11.8. The molecule has 1 aliphatic rings. The van der Waals surface area contributed by atoms with Crippen LogP contribution in [0.5, 0.6) is 5.75 Å². The zero-order chi connectivity index (χ0) is 14.7. The van der Waals surface area contributed by atoms with E-state index < -0.39 is 0 Å². The number of aromatic amines is 1. The Balaban J connectivity index is 2.00. The van der Waals surface area contributed by atoms with Crippen molar-refractivity contribution in [2.75, 3.05) is 17.7 Å². The van der Waals surface area contributed by atoms with Gasteiger partial charge in [-0.3, -0.25) is 9.89 Å². The van der Waals surface area contributed by atoms with Crippen molar-refractivity contribution in [2.24, 2.45) is 0 Å². The van der Waals surface area contributed by atoms with E-state index in [9.17, 15) is 4.79 Å². The van der Waals surface area contributed by atoms with Crippen molar-refractivity contribution in [3.63, 3.8) is 0 Å². The van der Waals surface area contributed by atoms with Gasteiger partial charge in [0.2, 0.25) is 5.91 Å². The van der Waals surface area contributed by atoms with Crippen LogP contribution in [0.1, 0.15) is 16.4 Å². The van der Waals surface area contributed by atoms with Crippen LogP contribution in [0.3, 0.4) is 0 Å². The topological polar surface area (TPSA) is 67.0 Å². The largest absolute Gasteiger partial charge is 0.489 e. The zero-order valence-corrected chi connectivity index (χ0v) is 12.2. The summed E-state index contributed by atoms with van der Waals surface area (Å²) < 4.78 is 5.73. The van der Waals surface area contributed by atoms with Gasteiger partial charge in [-0.25, -0.2) is 0 Å². The molecule has 2 aromatic rings. The van der Waals surface area contributed by atoms with Gasteiger partial charge >= 0.3 is 0 Å². The third-order valence-corrected chi connectivity index (χ3v) is 4.42. The highest BCUT2D eigenvalue weighted by atomic mass is 32.2. The molecular weight excluding hydrogens is 286 g/mol. The fourth-order valence-electron chi connectivity index (χ4n) is 2.25. The second-order valence-electron chi connectivity index (χ2n) is 4.58. The fourth-order valence-corrected chi connectivity index (χ4v) is 3.38. The molecule has 108 valence electrons. The lowest BCUT2D eigenvalue weighted by Crippen LogP contribution is -2.12. The number of hydrogen-bond acceptors (Lipinski definition) is 4.